The smallest absolute Gasteiger partial charge is 0.324 e. The zero-order chi connectivity index (χ0) is 14.8. The zero-order valence-corrected chi connectivity index (χ0v) is 12.0. The molecule has 1 saturated heterocycles. The molecule has 0 spiro atoms. The summed E-state index contributed by atoms with van der Waals surface area (Å²) in [6, 6.07) is 2.92. The molecule has 0 radical (unpaired) electrons. The second-order valence-electron chi connectivity index (χ2n) is 4.59. The van der Waals surface area contributed by atoms with Crippen LogP contribution < -0.4 is 5.32 Å². The lowest BCUT2D eigenvalue weighted by molar-refractivity contribution is -0.183. The Hall–Kier alpha value is -1.31. The van der Waals surface area contributed by atoms with Crippen molar-refractivity contribution in [3.8, 4) is 0 Å². The molecule has 8 heteroatoms. The van der Waals surface area contributed by atoms with Gasteiger partial charge in [-0.2, -0.15) is 13.2 Å². The van der Waals surface area contributed by atoms with E-state index in [1.54, 1.807) is 12.1 Å². The lowest BCUT2D eigenvalue weighted by atomic mass is 9.96. The van der Waals surface area contributed by atoms with Gasteiger partial charge in [-0.05, 0) is 40.9 Å². The van der Waals surface area contributed by atoms with Crippen LogP contribution in [-0.4, -0.2) is 35.2 Å². The summed E-state index contributed by atoms with van der Waals surface area (Å²) >= 11 is 3.22. The van der Waals surface area contributed by atoms with Gasteiger partial charge in [0.1, 0.15) is 5.82 Å². The summed E-state index contributed by atoms with van der Waals surface area (Å²) in [7, 11) is 0. The zero-order valence-electron chi connectivity index (χ0n) is 10.5. The fraction of sp³-hybridized carbons (Fsp3) is 0.500. The number of aromatic nitrogens is 1. The first-order valence-corrected chi connectivity index (χ1v) is 6.90. The highest BCUT2D eigenvalue weighted by Gasteiger charge is 2.41. The molecule has 110 valence electrons. The summed E-state index contributed by atoms with van der Waals surface area (Å²) in [6.45, 7) is 0.207. The molecule has 2 heterocycles. The van der Waals surface area contributed by atoms with Crippen LogP contribution in [0.15, 0.2) is 22.8 Å². The quantitative estimate of drug-likeness (QED) is 0.839. The van der Waals surface area contributed by atoms with Crippen LogP contribution in [0.2, 0.25) is 0 Å². The van der Waals surface area contributed by atoms with Crippen molar-refractivity contribution in [1.82, 2.24) is 9.88 Å². The monoisotopic (exact) mass is 351 g/mol. The summed E-state index contributed by atoms with van der Waals surface area (Å²) in [5.41, 5.74) is 0. The second-order valence-corrected chi connectivity index (χ2v) is 5.51. The Morgan fingerprint density at radius 3 is 2.50 bits per heavy atom. The Bertz CT molecular complexity index is 470. The molecule has 1 fully saturated rings. The Morgan fingerprint density at radius 2 is 2.00 bits per heavy atom. The van der Waals surface area contributed by atoms with E-state index in [0.29, 0.717) is 5.82 Å². The number of alkyl halides is 3. The fourth-order valence-electron chi connectivity index (χ4n) is 2.05. The number of hydrogen-bond acceptors (Lipinski definition) is 2. The Labute approximate surface area is 122 Å². The molecule has 1 N–H and O–H groups in total. The number of likely N-dealkylation sites (tertiary alicyclic amines) is 1. The SMILES string of the molecule is O=C(Nc1ccc(Br)cn1)N1CCC(C(F)(F)F)CC1. The van der Waals surface area contributed by atoms with Gasteiger partial charge in [-0.1, -0.05) is 0 Å². The third-order valence-corrected chi connectivity index (χ3v) is 3.68. The van der Waals surface area contributed by atoms with Gasteiger partial charge in [0.2, 0.25) is 0 Å². The van der Waals surface area contributed by atoms with Crippen LogP contribution in [0.4, 0.5) is 23.8 Å². The van der Waals surface area contributed by atoms with E-state index in [4.69, 9.17) is 0 Å². The van der Waals surface area contributed by atoms with E-state index in [-0.39, 0.29) is 25.9 Å². The van der Waals surface area contributed by atoms with Crippen molar-refractivity contribution in [3.05, 3.63) is 22.8 Å². The topological polar surface area (TPSA) is 45.2 Å². The predicted molar refractivity (Wildman–Crippen MR) is 71.3 cm³/mol. The molecule has 1 aliphatic rings. The fourth-order valence-corrected chi connectivity index (χ4v) is 2.28. The Morgan fingerprint density at radius 1 is 1.35 bits per heavy atom. The molecule has 1 aromatic rings. The number of rotatable bonds is 1. The van der Waals surface area contributed by atoms with Crippen LogP contribution in [0.1, 0.15) is 12.8 Å². The van der Waals surface area contributed by atoms with Crippen LogP contribution in [0.25, 0.3) is 0 Å². The first-order valence-electron chi connectivity index (χ1n) is 6.10. The van der Waals surface area contributed by atoms with E-state index >= 15 is 0 Å². The number of pyridine rings is 1. The van der Waals surface area contributed by atoms with Gasteiger partial charge >= 0.3 is 12.2 Å². The van der Waals surface area contributed by atoms with Crippen molar-refractivity contribution in [2.75, 3.05) is 18.4 Å². The highest BCUT2D eigenvalue weighted by Crippen LogP contribution is 2.34. The number of hydrogen-bond donors (Lipinski definition) is 1. The summed E-state index contributed by atoms with van der Waals surface area (Å²) in [5.74, 6) is -0.937. The minimum atomic E-state index is -4.17. The number of piperidine rings is 1. The first-order chi connectivity index (χ1) is 9.36. The van der Waals surface area contributed by atoms with E-state index < -0.39 is 18.1 Å². The van der Waals surface area contributed by atoms with Gasteiger partial charge < -0.3 is 4.90 Å². The molecule has 0 saturated carbocycles. The summed E-state index contributed by atoms with van der Waals surface area (Å²) in [4.78, 5) is 17.3. The minimum Gasteiger partial charge on any atom is -0.324 e. The maximum atomic E-state index is 12.5. The highest BCUT2D eigenvalue weighted by molar-refractivity contribution is 9.10. The van der Waals surface area contributed by atoms with Crippen LogP contribution in [0.5, 0.6) is 0 Å². The molecule has 2 rings (SSSR count). The summed E-state index contributed by atoms with van der Waals surface area (Å²) < 4.78 is 38.3. The third kappa shape index (κ3) is 3.84. The van der Waals surface area contributed by atoms with Gasteiger partial charge in [0, 0.05) is 23.8 Å². The van der Waals surface area contributed by atoms with Crippen molar-refractivity contribution >= 4 is 27.8 Å². The molecule has 0 unspecified atom stereocenters. The Balaban J connectivity index is 1.87. The average Bonchev–Trinajstić information content (AvgIpc) is 2.40. The second kappa shape index (κ2) is 5.99. The maximum absolute atomic E-state index is 12.5. The molecule has 0 atom stereocenters. The number of anilines is 1. The van der Waals surface area contributed by atoms with Crippen molar-refractivity contribution in [3.63, 3.8) is 0 Å². The molecule has 0 aromatic carbocycles. The predicted octanol–water partition coefficient (Wildman–Crippen LogP) is 3.65. The largest absolute Gasteiger partial charge is 0.391 e. The van der Waals surface area contributed by atoms with E-state index in [0.717, 1.165) is 4.47 Å². The van der Waals surface area contributed by atoms with Crippen molar-refractivity contribution in [2.45, 2.75) is 19.0 Å². The van der Waals surface area contributed by atoms with E-state index in [1.165, 1.54) is 11.1 Å². The minimum absolute atomic E-state index is 0.0509. The van der Waals surface area contributed by atoms with Crippen LogP contribution in [0.3, 0.4) is 0 Å². The molecule has 1 aromatic heterocycles. The number of amides is 2. The van der Waals surface area contributed by atoms with E-state index in [2.05, 4.69) is 26.2 Å². The molecule has 0 bridgehead atoms. The van der Waals surface area contributed by atoms with E-state index in [9.17, 15) is 18.0 Å². The molecule has 20 heavy (non-hydrogen) atoms. The molecule has 1 aliphatic heterocycles. The number of carbonyl (C=O) groups excluding carboxylic acids is 1. The highest BCUT2D eigenvalue weighted by atomic mass is 79.9. The van der Waals surface area contributed by atoms with Gasteiger partial charge in [-0.3, -0.25) is 5.32 Å². The van der Waals surface area contributed by atoms with E-state index in [1.807, 2.05) is 0 Å². The van der Waals surface area contributed by atoms with Crippen molar-refractivity contribution in [2.24, 2.45) is 5.92 Å². The van der Waals surface area contributed by atoms with Crippen LogP contribution >= 0.6 is 15.9 Å². The van der Waals surface area contributed by atoms with Crippen molar-refractivity contribution < 1.29 is 18.0 Å². The summed E-state index contributed by atoms with van der Waals surface area (Å²) in [6.07, 6.45) is -2.74. The third-order valence-electron chi connectivity index (χ3n) is 3.21. The van der Waals surface area contributed by atoms with Crippen LogP contribution in [0, 0.1) is 5.92 Å². The molecular weight excluding hydrogens is 339 g/mol. The molecule has 4 nitrogen and oxygen atoms in total. The molecular formula is C12H13BrF3N3O. The maximum Gasteiger partial charge on any atom is 0.391 e. The van der Waals surface area contributed by atoms with Crippen molar-refractivity contribution in [1.29, 1.82) is 0 Å². The average molecular weight is 352 g/mol. The van der Waals surface area contributed by atoms with Gasteiger partial charge in [-0.25, -0.2) is 9.78 Å². The molecule has 2 amide bonds. The van der Waals surface area contributed by atoms with Gasteiger partial charge in [0.15, 0.2) is 0 Å². The van der Waals surface area contributed by atoms with Crippen LogP contribution in [-0.2, 0) is 0 Å². The van der Waals surface area contributed by atoms with Gasteiger partial charge in [0.25, 0.3) is 0 Å². The number of halogens is 4. The number of nitrogens with zero attached hydrogens (tertiary/aromatic N) is 2. The molecule has 0 aliphatic carbocycles. The number of carbonyl (C=O) groups is 1. The standard InChI is InChI=1S/C12H13BrF3N3O/c13-9-1-2-10(17-7-9)18-11(20)19-5-3-8(4-6-19)12(14,15)16/h1-2,7-8H,3-6H2,(H,17,18,20). The number of nitrogens with one attached hydrogen (secondary N) is 1. The lowest BCUT2D eigenvalue weighted by Crippen LogP contribution is -2.44. The van der Waals surface area contributed by atoms with Gasteiger partial charge in [-0.15, -0.1) is 0 Å². The summed E-state index contributed by atoms with van der Waals surface area (Å²) in [5, 5.41) is 2.57. The first kappa shape index (κ1) is 15.1. The normalized spacial score (nSPS) is 17.1. The lowest BCUT2D eigenvalue weighted by Gasteiger charge is -2.32. The number of urea groups is 1. The Kier molecular flexibility index (Phi) is 4.52. The van der Waals surface area contributed by atoms with Gasteiger partial charge in [0.05, 0.1) is 5.92 Å².